The number of nitrogens with two attached hydrogens (primary N) is 1. The van der Waals surface area contributed by atoms with Gasteiger partial charge in [0.25, 0.3) is 0 Å². The lowest BCUT2D eigenvalue weighted by Crippen LogP contribution is -2.31. The molecule has 3 heteroatoms. The summed E-state index contributed by atoms with van der Waals surface area (Å²) >= 11 is 0. The van der Waals surface area contributed by atoms with Crippen molar-refractivity contribution in [2.45, 2.75) is 39.7 Å². The minimum atomic E-state index is 0.247. The summed E-state index contributed by atoms with van der Waals surface area (Å²) in [4.78, 5) is 2.21. The SMILES string of the molecule is COc1ccccc1N(C)CCC(N)CC(C)(C)C. The lowest BCUT2D eigenvalue weighted by atomic mass is 9.87. The van der Waals surface area contributed by atoms with Gasteiger partial charge in [-0.05, 0) is 30.4 Å². The van der Waals surface area contributed by atoms with Gasteiger partial charge in [0.05, 0.1) is 12.8 Å². The molecule has 108 valence electrons. The van der Waals surface area contributed by atoms with E-state index >= 15 is 0 Å². The van der Waals surface area contributed by atoms with E-state index in [0.29, 0.717) is 5.41 Å². The molecule has 19 heavy (non-hydrogen) atoms. The fourth-order valence-corrected chi connectivity index (χ4v) is 2.31. The number of nitrogens with zero attached hydrogens (tertiary/aromatic N) is 1. The summed E-state index contributed by atoms with van der Waals surface area (Å²) in [7, 11) is 3.79. The van der Waals surface area contributed by atoms with Gasteiger partial charge in [-0.3, -0.25) is 0 Å². The van der Waals surface area contributed by atoms with E-state index in [1.54, 1.807) is 7.11 Å². The maximum absolute atomic E-state index is 6.20. The Morgan fingerprint density at radius 2 is 1.89 bits per heavy atom. The average Bonchev–Trinajstić information content (AvgIpc) is 2.33. The van der Waals surface area contributed by atoms with Crippen molar-refractivity contribution in [3.8, 4) is 5.75 Å². The molecular weight excluding hydrogens is 236 g/mol. The summed E-state index contributed by atoms with van der Waals surface area (Å²) in [6.45, 7) is 7.64. The minimum Gasteiger partial charge on any atom is -0.495 e. The van der Waals surface area contributed by atoms with E-state index in [2.05, 4.69) is 38.8 Å². The highest BCUT2D eigenvalue weighted by molar-refractivity contribution is 5.57. The zero-order valence-corrected chi connectivity index (χ0v) is 12.9. The van der Waals surface area contributed by atoms with E-state index in [-0.39, 0.29) is 6.04 Å². The smallest absolute Gasteiger partial charge is 0.142 e. The van der Waals surface area contributed by atoms with Crippen LogP contribution in [-0.2, 0) is 0 Å². The maximum atomic E-state index is 6.20. The van der Waals surface area contributed by atoms with Gasteiger partial charge < -0.3 is 15.4 Å². The molecule has 0 bridgehead atoms. The first kappa shape index (κ1) is 15.8. The monoisotopic (exact) mass is 264 g/mol. The Labute approximate surface area is 117 Å². The van der Waals surface area contributed by atoms with Gasteiger partial charge in [0.2, 0.25) is 0 Å². The van der Waals surface area contributed by atoms with Crippen molar-refractivity contribution in [3.63, 3.8) is 0 Å². The summed E-state index contributed by atoms with van der Waals surface area (Å²) in [5.74, 6) is 0.911. The molecule has 1 aromatic rings. The van der Waals surface area contributed by atoms with Crippen LogP contribution in [0.3, 0.4) is 0 Å². The number of anilines is 1. The zero-order chi connectivity index (χ0) is 14.5. The molecule has 0 fully saturated rings. The van der Waals surface area contributed by atoms with Crippen LogP contribution in [0.4, 0.5) is 5.69 Å². The number of para-hydroxylation sites is 2. The van der Waals surface area contributed by atoms with Crippen molar-refractivity contribution < 1.29 is 4.74 Å². The van der Waals surface area contributed by atoms with E-state index in [0.717, 1.165) is 30.8 Å². The average molecular weight is 264 g/mol. The Hall–Kier alpha value is -1.22. The van der Waals surface area contributed by atoms with E-state index in [1.807, 2.05) is 18.2 Å². The van der Waals surface area contributed by atoms with Crippen molar-refractivity contribution in [2.24, 2.45) is 11.1 Å². The third-order valence-electron chi connectivity index (χ3n) is 3.21. The minimum absolute atomic E-state index is 0.247. The number of benzene rings is 1. The topological polar surface area (TPSA) is 38.5 Å². The predicted molar refractivity (Wildman–Crippen MR) is 82.9 cm³/mol. The van der Waals surface area contributed by atoms with Crippen LogP contribution in [0, 0.1) is 5.41 Å². The number of hydrogen-bond donors (Lipinski definition) is 1. The molecule has 0 saturated carbocycles. The Bertz CT molecular complexity index is 385. The molecule has 1 unspecified atom stereocenters. The maximum Gasteiger partial charge on any atom is 0.142 e. The van der Waals surface area contributed by atoms with Gasteiger partial charge >= 0.3 is 0 Å². The molecule has 0 aromatic heterocycles. The van der Waals surface area contributed by atoms with Crippen molar-refractivity contribution in [1.29, 1.82) is 0 Å². The van der Waals surface area contributed by atoms with E-state index in [1.165, 1.54) is 0 Å². The Balaban J connectivity index is 2.53. The highest BCUT2D eigenvalue weighted by Crippen LogP contribution is 2.27. The Morgan fingerprint density at radius 3 is 2.47 bits per heavy atom. The molecule has 0 radical (unpaired) electrons. The predicted octanol–water partition coefficient (Wildman–Crippen LogP) is 3.29. The molecule has 1 rings (SSSR count). The van der Waals surface area contributed by atoms with Crippen LogP contribution in [-0.4, -0.2) is 26.7 Å². The zero-order valence-electron chi connectivity index (χ0n) is 12.9. The summed E-state index contributed by atoms with van der Waals surface area (Å²) in [6.07, 6.45) is 2.04. The van der Waals surface area contributed by atoms with Gasteiger partial charge in [-0.1, -0.05) is 32.9 Å². The van der Waals surface area contributed by atoms with Crippen molar-refractivity contribution in [2.75, 3.05) is 25.6 Å². The summed E-state index contributed by atoms with van der Waals surface area (Å²) in [5, 5.41) is 0. The highest BCUT2D eigenvalue weighted by Gasteiger charge is 2.16. The summed E-state index contributed by atoms with van der Waals surface area (Å²) < 4.78 is 5.38. The Kier molecular flexibility index (Phi) is 5.67. The molecule has 0 amide bonds. The molecule has 1 atom stereocenters. The van der Waals surface area contributed by atoms with Gasteiger partial charge in [0, 0.05) is 19.6 Å². The third-order valence-corrected chi connectivity index (χ3v) is 3.21. The molecule has 1 aromatic carbocycles. The normalized spacial score (nSPS) is 13.2. The fraction of sp³-hybridized carbons (Fsp3) is 0.625. The molecule has 0 spiro atoms. The number of rotatable bonds is 6. The second-order valence-corrected chi connectivity index (χ2v) is 6.41. The van der Waals surface area contributed by atoms with Gasteiger partial charge in [0.15, 0.2) is 0 Å². The van der Waals surface area contributed by atoms with Crippen LogP contribution < -0.4 is 15.4 Å². The second kappa shape index (κ2) is 6.80. The molecule has 0 aliphatic carbocycles. The van der Waals surface area contributed by atoms with Crippen LogP contribution in [0.5, 0.6) is 5.75 Å². The molecule has 0 heterocycles. The van der Waals surface area contributed by atoms with Crippen LogP contribution in [0.25, 0.3) is 0 Å². The van der Waals surface area contributed by atoms with Crippen molar-refractivity contribution >= 4 is 5.69 Å². The molecule has 3 nitrogen and oxygen atoms in total. The highest BCUT2D eigenvalue weighted by atomic mass is 16.5. The molecule has 0 aliphatic rings. The van der Waals surface area contributed by atoms with E-state index in [4.69, 9.17) is 10.5 Å². The van der Waals surface area contributed by atoms with Gasteiger partial charge in [-0.2, -0.15) is 0 Å². The molecular formula is C16H28N2O. The quantitative estimate of drug-likeness (QED) is 0.857. The fourth-order valence-electron chi connectivity index (χ4n) is 2.31. The van der Waals surface area contributed by atoms with E-state index in [9.17, 15) is 0 Å². The van der Waals surface area contributed by atoms with E-state index < -0.39 is 0 Å². The third kappa shape index (κ3) is 5.52. The largest absolute Gasteiger partial charge is 0.495 e. The van der Waals surface area contributed by atoms with Gasteiger partial charge in [-0.15, -0.1) is 0 Å². The number of hydrogen-bond acceptors (Lipinski definition) is 3. The van der Waals surface area contributed by atoms with Gasteiger partial charge in [0.1, 0.15) is 5.75 Å². The number of methoxy groups -OCH3 is 1. The second-order valence-electron chi connectivity index (χ2n) is 6.41. The molecule has 0 saturated heterocycles. The summed E-state index contributed by atoms with van der Waals surface area (Å²) in [5.41, 5.74) is 7.61. The van der Waals surface area contributed by atoms with Gasteiger partial charge in [-0.25, -0.2) is 0 Å². The first-order chi connectivity index (χ1) is 8.83. The summed E-state index contributed by atoms with van der Waals surface area (Å²) in [6, 6.07) is 8.33. The lowest BCUT2D eigenvalue weighted by molar-refractivity contribution is 0.332. The standard InChI is InChI=1S/C16H28N2O/c1-16(2,3)12-13(17)10-11-18(4)14-8-6-7-9-15(14)19-5/h6-9,13H,10-12,17H2,1-5H3. The lowest BCUT2D eigenvalue weighted by Gasteiger charge is -2.26. The van der Waals surface area contributed by atoms with Crippen LogP contribution in [0.15, 0.2) is 24.3 Å². The molecule has 0 aliphatic heterocycles. The Morgan fingerprint density at radius 1 is 1.26 bits per heavy atom. The van der Waals surface area contributed by atoms with Crippen LogP contribution in [0.1, 0.15) is 33.6 Å². The van der Waals surface area contributed by atoms with Crippen LogP contribution >= 0.6 is 0 Å². The molecule has 2 N–H and O–H groups in total. The first-order valence-electron chi connectivity index (χ1n) is 6.93. The van der Waals surface area contributed by atoms with Crippen molar-refractivity contribution in [3.05, 3.63) is 24.3 Å². The van der Waals surface area contributed by atoms with Crippen molar-refractivity contribution in [1.82, 2.24) is 0 Å². The first-order valence-corrected chi connectivity index (χ1v) is 6.93. The number of ether oxygens (including phenoxy) is 1. The van der Waals surface area contributed by atoms with Crippen LogP contribution in [0.2, 0.25) is 0 Å².